The van der Waals surface area contributed by atoms with Crippen LogP contribution in [0, 0.1) is 20.8 Å². The van der Waals surface area contributed by atoms with Crippen molar-refractivity contribution in [2.24, 2.45) is 0 Å². The Balaban J connectivity index is 1.46. The minimum absolute atomic E-state index is 0.0416. The molecule has 0 aliphatic heterocycles. The number of aromatic nitrogens is 2. The second-order valence-corrected chi connectivity index (χ2v) is 7.97. The fraction of sp³-hybridized carbons (Fsp3) is 0.174. The molecule has 4 aromatic rings. The number of carbonyl (C=O) groups excluding carboxylic acids is 1. The van der Waals surface area contributed by atoms with E-state index in [1.807, 2.05) is 57.2 Å². The van der Waals surface area contributed by atoms with Crippen LogP contribution in [0.5, 0.6) is 5.75 Å². The van der Waals surface area contributed by atoms with Crippen molar-refractivity contribution in [1.29, 1.82) is 0 Å². The fourth-order valence-electron chi connectivity index (χ4n) is 3.35. The Hall–Kier alpha value is -3.25. The first-order valence-corrected chi connectivity index (χ1v) is 10.1. The Bertz CT molecular complexity index is 1140. The van der Waals surface area contributed by atoms with E-state index >= 15 is 0 Å². The topological polar surface area (TPSA) is 64.1 Å². The molecule has 146 valence electrons. The van der Waals surface area contributed by atoms with Crippen LogP contribution in [0.2, 0.25) is 0 Å². The molecule has 1 N–H and O–H groups in total. The zero-order valence-electron chi connectivity index (χ0n) is 16.5. The van der Waals surface area contributed by atoms with Crippen LogP contribution in [0.25, 0.3) is 20.9 Å². The van der Waals surface area contributed by atoms with Crippen LogP contribution in [0.3, 0.4) is 0 Å². The fourth-order valence-corrected chi connectivity index (χ4v) is 4.26. The number of fused-ring (bicyclic) bond motifs is 1. The summed E-state index contributed by atoms with van der Waals surface area (Å²) in [6, 6.07) is 15.6. The highest BCUT2D eigenvalue weighted by atomic mass is 32.1. The lowest BCUT2D eigenvalue weighted by Crippen LogP contribution is -2.20. The molecule has 0 bridgehead atoms. The number of ether oxygens (including phenoxy) is 1. The van der Waals surface area contributed by atoms with E-state index in [2.05, 4.69) is 27.4 Å². The summed E-state index contributed by atoms with van der Waals surface area (Å²) in [4.78, 5) is 22.3. The van der Waals surface area contributed by atoms with E-state index in [9.17, 15) is 4.79 Å². The lowest BCUT2D eigenvalue weighted by atomic mass is 10.1. The number of pyridine rings is 1. The summed E-state index contributed by atoms with van der Waals surface area (Å²) >= 11 is 1.53. The number of anilines is 1. The number of nitrogens with one attached hydrogen (secondary N) is 1. The standard InChI is InChI=1S/C23H21N3O2S/c1-14-10-15(2)21(16(3)11-14)28-13-20(27)25-18-7-4-6-17(12-18)22-26-19-8-5-9-24-23(19)29-22/h4-12H,13H2,1-3H3,(H,25,27). The second kappa shape index (κ2) is 8.01. The molecular formula is C23H21N3O2S. The Morgan fingerprint density at radius 3 is 2.62 bits per heavy atom. The molecule has 2 heterocycles. The number of aryl methyl sites for hydroxylation is 3. The summed E-state index contributed by atoms with van der Waals surface area (Å²) in [5.41, 5.74) is 5.76. The number of hydrogen-bond acceptors (Lipinski definition) is 5. The third-order valence-corrected chi connectivity index (χ3v) is 5.54. The molecule has 0 radical (unpaired) electrons. The predicted octanol–water partition coefficient (Wildman–Crippen LogP) is 5.30. The van der Waals surface area contributed by atoms with Crippen LogP contribution in [-0.4, -0.2) is 22.5 Å². The van der Waals surface area contributed by atoms with Gasteiger partial charge >= 0.3 is 0 Å². The number of benzene rings is 2. The van der Waals surface area contributed by atoms with Gasteiger partial charge in [-0.3, -0.25) is 4.79 Å². The van der Waals surface area contributed by atoms with Crippen LogP contribution >= 0.6 is 11.3 Å². The Morgan fingerprint density at radius 1 is 1.07 bits per heavy atom. The van der Waals surface area contributed by atoms with Gasteiger partial charge in [-0.2, -0.15) is 0 Å². The van der Waals surface area contributed by atoms with Crippen molar-refractivity contribution in [2.75, 3.05) is 11.9 Å². The Kier molecular flexibility index (Phi) is 5.27. The van der Waals surface area contributed by atoms with Gasteiger partial charge in [-0.25, -0.2) is 9.97 Å². The van der Waals surface area contributed by atoms with Gasteiger partial charge in [0.15, 0.2) is 6.61 Å². The monoisotopic (exact) mass is 403 g/mol. The highest BCUT2D eigenvalue weighted by molar-refractivity contribution is 7.21. The minimum Gasteiger partial charge on any atom is -0.483 e. The van der Waals surface area contributed by atoms with Gasteiger partial charge in [-0.05, 0) is 56.2 Å². The number of hydrogen-bond donors (Lipinski definition) is 1. The molecule has 2 aromatic heterocycles. The van der Waals surface area contributed by atoms with Crippen LogP contribution in [0.4, 0.5) is 5.69 Å². The van der Waals surface area contributed by atoms with Crippen molar-refractivity contribution in [1.82, 2.24) is 9.97 Å². The molecule has 0 aliphatic rings. The van der Waals surface area contributed by atoms with E-state index in [0.29, 0.717) is 5.69 Å². The minimum atomic E-state index is -0.201. The summed E-state index contributed by atoms with van der Waals surface area (Å²) in [6.07, 6.45) is 1.76. The van der Waals surface area contributed by atoms with Crippen molar-refractivity contribution in [2.45, 2.75) is 20.8 Å². The third kappa shape index (κ3) is 4.27. The zero-order valence-corrected chi connectivity index (χ0v) is 17.3. The molecule has 5 nitrogen and oxygen atoms in total. The number of amides is 1. The summed E-state index contributed by atoms with van der Waals surface area (Å²) < 4.78 is 5.78. The molecule has 29 heavy (non-hydrogen) atoms. The van der Waals surface area contributed by atoms with Gasteiger partial charge in [0.25, 0.3) is 5.91 Å². The first-order chi connectivity index (χ1) is 14.0. The van der Waals surface area contributed by atoms with Crippen LogP contribution in [-0.2, 0) is 4.79 Å². The molecule has 0 aliphatic carbocycles. The maximum atomic E-state index is 12.4. The van der Waals surface area contributed by atoms with E-state index in [4.69, 9.17) is 4.74 Å². The molecular weight excluding hydrogens is 382 g/mol. The van der Waals surface area contributed by atoms with Crippen molar-refractivity contribution >= 4 is 33.3 Å². The second-order valence-electron chi connectivity index (χ2n) is 6.99. The van der Waals surface area contributed by atoms with E-state index < -0.39 is 0 Å². The average molecular weight is 404 g/mol. The number of nitrogens with zero attached hydrogens (tertiary/aromatic N) is 2. The van der Waals surface area contributed by atoms with E-state index in [-0.39, 0.29) is 12.5 Å². The molecule has 1 amide bonds. The van der Waals surface area contributed by atoms with Gasteiger partial charge in [0, 0.05) is 17.4 Å². The van der Waals surface area contributed by atoms with Gasteiger partial charge in [-0.15, -0.1) is 0 Å². The molecule has 0 fully saturated rings. The van der Waals surface area contributed by atoms with E-state index in [1.54, 1.807) is 6.20 Å². The highest BCUT2D eigenvalue weighted by Crippen LogP contribution is 2.30. The lowest BCUT2D eigenvalue weighted by Gasteiger charge is -2.13. The first kappa shape index (κ1) is 19.1. The average Bonchev–Trinajstić information content (AvgIpc) is 3.11. The molecule has 0 saturated carbocycles. The van der Waals surface area contributed by atoms with E-state index in [1.165, 1.54) is 16.9 Å². The van der Waals surface area contributed by atoms with Gasteiger partial charge < -0.3 is 10.1 Å². The quantitative estimate of drug-likeness (QED) is 0.491. The molecule has 0 spiro atoms. The first-order valence-electron chi connectivity index (χ1n) is 9.32. The molecule has 0 saturated heterocycles. The molecule has 6 heteroatoms. The van der Waals surface area contributed by atoms with Crippen LogP contribution in [0.15, 0.2) is 54.7 Å². The smallest absolute Gasteiger partial charge is 0.262 e. The van der Waals surface area contributed by atoms with Crippen molar-refractivity contribution in [3.8, 4) is 16.3 Å². The Morgan fingerprint density at radius 2 is 1.86 bits per heavy atom. The van der Waals surface area contributed by atoms with Gasteiger partial charge in [-0.1, -0.05) is 41.2 Å². The van der Waals surface area contributed by atoms with Crippen molar-refractivity contribution < 1.29 is 9.53 Å². The molecule has 2 aromatic carbocycles. The molecule has 0 atom stereocenters. The van der Waals surface area contributed by atoms with Gasteiger partial charge in [0.1, 0.15) is 21.1 Å². The normalized spacial score (nSPS) is 10.9. The molecule has 4 rings (SSSR count). The number of rotatable bonds is 5. The maximum absolute atomic E-state index is 12.4. The van der Waals surface area contributed by atoms with Gasteiger partial charge in [0.05, 0.1) is 0 Å². The Labute approximate surface area is 173 Å². The summed E-state index contributed by atoms with van der Waals surface area (Å²) in [5.74, 6) is 0.564. The van der Waals surface area contributed by atoms with Crippen molar-refractivity contribution in [3.05, 3.63) is 71.4 Å². The highest BCUT2D eigenvalue weighted by Gasteiger charge is 2.11. The van der Waals surface area contributed by atoms with Gasteiger partial charge in [0.2, 0.25) is 0 Å². The van der Waals surface area contributed by atoms with E-state index in [0.717, 1.165) is 37.8 Å². The predicted molar refractivity (Wildman–Crippen MR) is 118 cm³/mol. The third-order valence-electron chi connectivity index (χ3n) is 4.51. The molecule has 0 unspecified atom stereocenters. The summed E-state index contributed by atoms with van der Waals surface area (Å²) in [6.45, 7) is 5.98. The van der Waals surface area contributed by atoms with Crippen LogP contribution < -0.4 is 10.1 Å². The summed E-state index contributed by atoms with van der Waals surface area (Å²) in [5, 5.41) is 3.78. The summed E-state index contributed by atoms with van der Waals surface area (Å²) in [7, 11) is 0. The SMILES string of the molecule is Cc1cc(C)c(OCC(=O)Nc2cccc(-c3nc4cccnc4s3)c2)c(C)c1. The number of thiazole rings is 1. The number of carbonyl (C=O) groups is 1. The largest absolute Gasteiger partial charge is 0.483 e. The lowest BCUT2D eigenvalue weighted by molar-refractivity contribution is -0.118. The van der Waals surface area contributed by atoms with Crippen molar-refractivity contribution in [3.63, 3.8) is 0 Å². The van der Waals surface area contributed by atoms with Crippen LogP contribution in [0.1, 0.15) is 16.7 Å². The maximum Gasteiger partial charge on any atom is 0.262 e. The zero-order chi connectivity index (χ0) is 20.4.